The van der Waals surface area contributed by atoms with Gasteiger partial charge in [0.2, 0.25) is 0 Å². The molecule has 0 saturated heterocycles. The fourth-order valence-electron chi connectivity index (χ4n) is 3.16. The fraction of sp³-hybridized carbons (Fsp3) is 0.273. The van der Waals surface area contributed by atoms with Crippen LogP contribution in [-0.4, -0.2) is 33.2 Å². The quantitative estimate of drug-likeness (QED) is 0.511. The minimum atomic E-state index is -0.492. The maximum Gasteiger partial charge on any atom is 0.332 e. The SMILES string of the molecule is CCOC(=O)/C=C(\C)NC(=O)c1cc(-c2cnn(CC)c2C)nc2ccccc12. The van der Waals surface area contributed by atoms with Crippen LogP contribution in [-0.2, 0) is 16.1 Å². The molecule has 150 valence electrons. The fourth-order valence-corrected chi connectivity index (χ4v) is 3.16. The number of aromatic nitrogens is 3. The third kappa shape index (κ3) is 4.34. The van der Waals surface area contributed by atoms with Gasteiger partial charge in [-0.15, -0.1) is 0 Å². The van der Waals surface area contributed by atoms with E-state index in [1.165, 1.54) is 6.08 Å². The number of esters is 1. The first-order valence-corrected chi connectivity index (χ1v) is 9.53. The Bertz CT molecular complexity index is 1100. The smallest absolute Gasteiger partial charge is 0.332 e. The van der Waals surface area contributed by atoms with Gasteiger partial charge in [-0.25, -0.2) is 9.78 Å². The average molecular weight is 392 g/mol. The van der Waals surface area contributed by atoms with Gasteiger partial charge in [0.25, 0.3) is 5.91 Å². The summed E-state index contributed by atoms with van der Waals surface area (Å²) in [5.74, 6) is -0.809. The molecule has 0 saturated carbocycles. The summed E-state index contributed by atoms with van der Waals surface area (Å²) in [6.45, 7) is 8.41. The van der Waals surface area contributed by atoms with Gasteiger partial charge >= 0.3 is 5.97 Å². The number of carbonyl (C=O) groups is 2. The van der Waals surface area contributed by atoms with Crippen molar-refractivity contribution in [2.75, 3.05) is 6.61 Å². The Morgan fingerprint density at radius 3 is 2.69 bits per heavy atom. The molecular weight excluding hydrogens is 368 g/mol. The molecule has 0 radical (unpaired) electrons. The molecule has 0 unspecified atom stereocenters. The lowest BCUT2D eigenvalue weighted by Crippen LogP contribution is -2.23. The zero-order valence-corrected chi connectivity index (χ0v) is 17.0. The Kier molecular flexibility index (Phi) is 6.07. The van der Waals surface area contributed by atoms with E-state index in [0.29, 0.717) is 22.5 Å². The molecule has 7 heteroatoms. The Morgan fingerprint density at radius 2 is 2.00 bits per heavy atom. The van der Waals surface area contributed by atoms with Crippen LogP contribution in [0, 0.1) is 6.92 Å². The number of benzene rings is 1. The van der Waals surface area contributed by atoms with Crippen LogP contribution in [0.3, 0.4) is 0 Å². The molecule has 0 aliphatic rings. The molecule has 0 atom stereocenters. The van der Waals surface area contributed by atoms with Crippen molar-refractivity contribution < 1.29 is 14.3 Å². The highest BCUT2D eigenvalue weighted by molar-refractivity contribution is 6.08. The minimum absolute atomic E-state index is 0.277. The van der Waals surface area contributed by atoms with Crippen molar-refractivity contribution >= 4 is 22.8 Å². The molecule has 1 amide bonds. The number of allylic oxidation sites excluding steroid dienone is 1. The molecule has 0 bridgehead atoms. The number of hydrogen-bond acceptors (Lipinski definition) is 5. The second-order valence-corrected chi connectivity index (χ2v) is 6.57. The van der Waals surface area contributed by atoms with E-state index in [4.69, 9.17) is 9.72 Å². The molecule has 3 aromatic rings. The summed E-state index contributed by atoms with van der Waals surface area (Å²) in [6.07, 6.45) is 3.03. The second kappa shape index (κ2) is 8.68. The number of nitrogens with zero attached hydrogens (tertiary/aromatic N) is 3. The van der Waals surface area contributed by atoms with Crippen molar-refractivity contribution in [3.63, 3.8) is 0 Å². The third-order valence-electron chi connectivity index (χ3n) is 4.57. The number of amides is 1. The van der Waals surface area contributed by atoms with Crippen molar-refractivity contribution in [1.82, 2.24) is 20.1 Å². The zero-order chi connectivity index (χ0) is 21.0. The van der Waals surface area contributed by atoms with Crippen LogP contribution in [0.5, 0.6) is 0 Å². The molecular formula is C22H24N4O3. The van der Waals surface area contributed by atoms with Crippen LogP contribution in [0.2, 0.25) is 0 Å². The summed E-state index contributed by atoms with van der Waals surface area (Å²) in [7, 11) is 0. The lowest BCUT2D eigenvalue weighted by Gasteiger charge is -2.11. The molecule has 0 aliphatic carbocycles. The first-order valence-electron chi connectivity index (χ1n) is 9.53. The molecule has 1 aromatic carbocycles. The summed E-state index contributed by atoms with van der Waals surface area (Å²) in [5.41, 5.74) is 4.14. The number of nitrogens with one attached hydrogen (secondary N) is 1. The summed E-state index contributed by atoms with van der Waals surface area (Å²) >= 11 is 0. The van der Waals surface area contributed by atoms with Crippen LogP contribution >= 0.6 is 0 Å². The number of fused-ring (bicyclic) bond motifs is 1. The largest absolute Gasteiger partial charge is 0.463 e. The number of ether oxygens (including phenoxy) is 1. The van der Waals surface area contributed by atoms with E-state index in [2.05, 4.69) is 10.4 Å². The van der Waals surface area contributed by atoms with E-state index in [9.17, 15) is 9.59 Å². The van der Waals surface area contributed by atoms with Crippen LogP contribution < -0.4 is 5.32 Å². The van der Waals surface area contributed by atoms with Crippen LogP contribution in [0.25, 0.3) is 22.2 Å². The van der Waals surface area contributed by atoms with Crippen molar-refractivity contribution in [3.05, 3.63) is 59.6 Å². The third-order valence-corrected chi connectivity index (χ3v) is 4.57. The molecule has 0 fully saturated rings. The van der Waals surface area contributed by atoms with Gasteiger partial charge in [-0.05, 0) is 39.8 Å². The highest BCUT2D eigenvalue weighted by Gasteiger charge is 2.17. The number of hydrogen-bond donors (Lipinski definition) is 1. The molecule has 2 heterocycles. The van der Waals surface area contributed by atoms with Crippen LogP contribution in [0.15, 0.2) is 48.3 Å². The van der Waals surface area contributed by atoms with E-state index < -0.39 is 5.97 Å². The maximum absolute atomic E-state index is 13.0. The normalized spacial score (nSPS) is 11.5. The zero-order valence-electron chi connectivity index (χ0n) is 17.0. The average Bonchev–Trinajstić information content (AvgIpc) is 3.07. The molecule has 1 N–H and O–H groups in total. The lowest BCUT2D eigenvalue weighted by molar-refractivity contribution is -0.137. The summed E-state index contributed by atoms with van der Waals surface area (Å²) in [6, 6.07) is 9.24. The molecule has 0 aliphatic heterocycles. The van der Waals surface area contributed by atoms with Gasteiger partial charge in [0, 0.05) is 35.0 Å². The van der Waals surface area contributed by atoms with Gasteiger partial charge in [-0.1, -0.05) is 18.2 Å². The van der Waals surface area contributed by atoms with Gasteiger partial charge in [-0.3, -0.25) is 9.48 Å². The van der Waals surface area contributed by atoms with Crippen LogP contribution in [0.1, 0.15) is 36.8 Å². The Balaban J connectivity index is 2.03. The minimum Gasteiger partial charge on any atom is -0.463 e. The van der Waals surface area contributed by atoms with Crippen LogP contribution in [0.4, 0.5) is 0 Å². The monoisotopic (exact) mass is 392 g/mol. The standard InChI is InChI=1S/C22H24N4O3/c1-5-26-15(4)18(13-23-26)20-12-17(16-9-7-8-10-19(16)25-20)22(28)24-14(3)11-21(27)29-6-2/h7-13H,5-6H2,1-4H3,(H,24,28)/b14-11+. The van der Waals surface area contributed by atoms with Crippen molar-refractivity contribution in [3.8, 4) is 11.3 Å². The summed E-state index contributed by atoms with van der Waals surface area (Å²) in [5, 5.41) is 7.87. The number of rotatable bonds is 6. The Labute approximate surface area is 169 Å². The van der Waals surface area contributed by atoms with Gasteiger partial charge in [0.15, 0.2) is 0 Å². The van der Waals surface area contributed by atoms with Gasteiger partial charge in [0.05, 0.1) is 29.6 Å². The highest BCUT2D eigenvalue weighted by Crippen LogP contribution is 2.27. The van der Waals surface area contributed by atoms with Gasteiger partial charge < -0.3 is 10.1 Å². The van der Waals surface area contributed by atoms with Gasteiger partial charge in [0.1, 0.15) is 0 Å². The predicted molar refractivity (Wildman–Crippen MR) is 111 cm³/mol. The first-order chi connectivity index (χ1) is 13.9. The number of para-hydroxylation sites is 1. The number of aryl methyl sites for hydroxylation is 1. The molecule has 0 spiro atoms. The van der Waals surface area contributed by atoms with E-state index in [0.717, 1.165) is 23.2 Å². The lowest BCUT2D eigenvalue weighted by atomic mass is 10.0. The van der Waals surface area contributed by atoms with E-state index >= 15 is 0 Å². The van der Waals surface area contributed by atoms with Crippen molar-refractivity contribution in [2.45, 2.75) is 34.2 Å². The molecule has 7 nitrogen and oxygen atoms in total. The van der Waals surface area contributed by atoms with E-state index in [1.807, 2.05) is 42.8 Å². The Morgan fingerprint density at radius 1 is 1.24 bits per heavy atom. The summed E-state index contributed by atoms with van der Waals surface area (Å²) < 4.78 is 6.77. The van der Waals surface area contributed by atoms with Gasteiger partial charge in [-0.2, -0.15) is 5.10 Å². The second-order valence-electron chi connectivity index (χ2n) is 6.57. The predicted octanol–water partition coefficient (Wildman–Crippen LogP) is 3.62. The highest BCUT2D eigenvalue weighted by atomic mass is 16.5. The molecule has 2 aromatic heterocycles. The maximum atomic E-state index is 13.0. The Hall–Kier alpha value is -3.48. The molecule has 29 heavy (non-hydrogen) atoms. The molecule has 3 rings (SSSR count). The summed E-state index contributed by atoms with van der Waals surface area (Å²) in [4.78, 5) is 29.3. The number of pyridine rings is 1. The topological polar surface area (TPSA) is 86.1 Å². The van der Waals surface area contributed by atoms with E-state index in [-0.39, 0.29) is 12.5 Å². The van der Waals surface area contributed by atoms with Crippen molar-refractivity contribution in [2.24, 2.45) is 0 Å². The van der Waals surface area contributed by atoms with E-state index in [1.54, 1.807) is 26.1 Å². The van der Waals surface area contributed by atoms with Crippen molar-refractivity contribution in [1.29, 1.82) is 0 Å². The first kappa shape index (κ1) is 20.3. The number of carbonyl (C=O) groups excluding carboxylic acids is 2.